The van der Waals surface area contributed by atoms with Crippen molar-refractivity contribution in [2.75, 3.05) is 0 Å². The van der Waals surface area contributed by atoms with Crippen molar-refractivity contribution in [2.24, 2.45) is 0 Å². The molecule has 0 saturated carbocycles. The molecule has 5 nitrogen and oxygen atoms in total. The van der Waals surface area contributed by atoms with Crippen molar-refractivity contribution in [3.05, 3.63) is 60.6 Å². The number of para-hydroxylation sites is 1. The van der Waals surface area contributed by atoms with Crippen LogP contribution in [0.5, 0.6) is 0 Å². The van der Waals surface area contributed by atoms with Gasteiger partial charge in [-0.25, -0.2) is 0 Å². The van der Waals surface area contributed by atoms with E-state index in [1.807, 2.05) is 42.6 Å². The molecule has 0 aliphatic rings. The minimum Gasteiger partial charge on any atom is -0.355 e. The standard InChI is InChI=1S/C17H12N4O/c1-11-7-9-18-10-14(11)12-4-2-5-13-16(21-22-17(12)13)15-6-3-8-19-20-15/h2-10H,1H3. The molecule has 0 radical (unpaired) electrons. The minimum absolute atomic E-state index is 0.696. The Balaban J connectivity index is 1.97. The Hall–Kier alpha value is -3.08. The predicted octanol–water partition coefficient (Wildman–Crippen LogP) is 3.66. The fraction of sp³-hybridized carbons (Fsp3) is 0.0588. The monoisotopic (exact) mass is 288 g/mol. The second-order valence-corrected chi connectivity index (χ2v) is 5.01. The molecule has 22 heavy (non-hydrogen) atoms. The summed E-state index contributed by atoms with van der Waals surface area (Å²) in [6, 6.07) is 11.7. The molecule has 0 fully saturated rings. The number of aromatic nitrogens is 4. The van der Waals surface area contributed by atoms with Crippen LogP contribution in [0, 0.1) is 6.92 Å². The Labute approximate surface area is 126 Å². The first-order valence-electron chi connectivity index (χ1n) is 6.92. The Morgan fingerprint density at radius 2 is 1.91 bits per heavy atom. The van der Waals surface area contributed by atoms with Gasteiger partial charge in [-0.2, -0.15) is 5.10 Å². The molecule has 0 aliphatic carbocycles. The van der Waals surface area contributed by atoms with Crippen LogP contribution < -0.4 is 0 Å². The highest BCUT2D eigenvalue weighted by atomic mass is 16.5. The SMILES string of the molecule is Cc1ccncc1-c1cccc2c(-c3cccnn3)noc12. The first-order chi connectivity index (χ1) is 10.8. The van der Waals surface area contributed by atoms with Crippen LogP contribution in [0.4, 0.5) is 0 Å². The smallest absolute Gasteiger partial charge is 0.175 e. The molecule has 4 rings (SSSR count). The first-order valence-corrected chi connectivity index (χ1v) is 6.92. The summed E-state index contributed by atoms with van der Waals surface area (Å²) in [6.45, 7) is 2.05. The van der Waals surface area contributed by atoms with Crippen molar-refractivity contribution in [3.8, 4) is 22.5 Å². The molecule has 3 heterocycles. The summed E-state index contributed by atoms with van der Waals surface area (Å²) in [5, 5.41) is 13.1. The van der Waals surface area contributed by atoms with Gasteiger partial charge < -0.3 is 4.52 Å². The maximum atomic E-state index is 5.60. The van der Waals surface area contributed by atoms with Gasteiger partial charge in [-0.1, -0.05) is 17.3 Å². The lowest BCUT2D eigenvalue weighted by atomic mass is 10.0. The number of benzene rings is 1. The Kier molecular flexibility index (Phi) is 2.89. The molecule has 0 atom stereocenters. The van der Waals surface area contributed by atoms with E-state index in [0.29, 0.717) is 11.4 Å². The maximum Gasteiger partial charge on any atom is 0.175 e. The van der Waals surface area contributed by atoms with Gasteiger partial charge in [0.05, 0.1) is 5.39 Å². The van der Waals surface area contributed by atoms with Gasteiger partial charge in [0.25, 0.3) is 0 Å². The van der Waals surface area contributed by atoms with E-state index in [9.17, 15) is 0 Å². The number of fused-ring (bicyclic) bond motifs is 1. The quantitative estimate of drug-likeness (QED) is 0.563. The van der Waals surface area contributed by atoms with Crippen molar-refractivity contribution >= 4 is 11.0 Å². The largest absolute Gasteiger partial charge is 0.355 e. The summed E-state index contributed by atoms with van der Waals surface area (Å²) in [4.78, 5) is 4.21. The normalized spacial score (nSPS) is 11.0. The van der Waals surface area contributed by atoms with Crippen LogP contribution in [-0.4, -0.2) is 20.3 Å². The zero-order chi connectivity index (χ0) is 14.9. The van der Waals surface area contributed by atoms with E-state index >= 15 is 0 Å². The lowest BCUT2D eigenvalue weighted by Gasteiger charge is -2.04. The van der Waals surface area contributed by atoms with E-state index in [4.69, 9.17) is 4.52 Å². The van der Waals surface area contributed by atoms with E-state index in [1.165, 1.54) is 0 Å². The molecule has 3 aromatic heterocycles. The number of rotatable bonds is 2. The molecular weight excluding hydrogens is 276 g/mol. The fourth-order valence-electron chi connectivity index (χ4n) is 2.53. The van der Waals surface area contributed by atoms with Crippen LogP contribution >= 0.6 is 0 Å². The molecule has 0 bridgehead atoms. The van der Waals surface area contributed by atoms with Crippen molar-refractivity contribution in [1.82, 2.24) is 20.3 Å². The molecular formula is C17H12N4O. The van der Waals surface area contributed by atoms with Gasteiger partial charge in [0, 0.05) is 29.7 Å². The van der Waals surface area contributed by atoms with Crippen molar-refractivity contribution in [3.63, 3.8) is 0 Å². The number of pyridine rings is 1. The average Bonchev–Trinajstić information content (AvgIpc) is 3.00. The maximum absolute atomic E-state index is 5.60. The van der Waals surface area contributed by atoms with Gasteiger partial charge in [-0.05, 0) is 36.8 Å². The Morgan fingerprint density at radius 3 is 2.73 bits per heavy atom. The fourth-order valence-corrected chi connectivity index (χ4v) is 2.53. The van der Waals surface area contributed by atoms with Crippen LogP contribution in [0.25, 0.3) is 33.5 Å². The molecule has 0 amide bonds. The van der Waals surface area contributed by atoms with Crippen molar-refractivity contribution in [1.29, 1.82) is 0 Å². The summed E-state index contributed by atoms with van der Waals surface area (Å²) >= 11 is 0. The summed E-state index contributed by atoms with van der Waals surface area (Å²) in [7, 11) is 0. The zero-order valence-electron chi connectivity index (χ0n) is 11.9. The molecule has 0 saturated heterocycles. The van der Waals surface area contributed by atoms with E-state index in [-0.39, 0.29) is 0 Å². The molecule has 0 N–H and O–H groups in total. The van der Waals surface area contributed by atoms with Gasteiger partial charge in [-0.15, -0.1) is 5.10 Å². The van der Waals surface area contributed by atoms with Gasteiger partial charge in [-0.3, -0.25) is 4.98 Å². The van der Waals surface area contributed by atoms with Crippen LogP contribution in [0.1, 0.15) is 5.56 Å². The number of nitrogens with zero attached hydrogens (tertiary/aromatic N) is 4. The highest BCUT2D eigenvalue weighted by Gasteiger charge is 2.16. The molecule has 0 spiro atoms. The summed E-state index contributed by atoms with van der Waals surface area (Å²) < 4.78 is 5.60. The first kappa shape index (κ1) is 12.6. The number of hydrogen-bond acceptors (Lipinski definition) is 5. The Bertz CT molecular complexity index is 947. The topological polar surface area (TPSA) is 64.7 Å². The van der Waals surface area contributed by atoms with Gasteiger partial charge in [0.15, 0.2) is 5.58 Å². The van der Waals surface area contributed by atoms with Gasteiger partial charge >= 0.3 is 0 Å². The van der Waals surface area contributed by atoms with E-state index in [0.717, 1.165) is 27.7 Å². The number of aryl methyl sites for hydroxylation is 1. The second kappa shape index (κ2) is 5.04. The molecule has 5 heteroatoms. The van der Waals surface area contributed by atoms with Crippen LogP contribution in [-0.2, 0) is 0 Å². The highest BCUT2D eigenvalue weighted by molar-refractivity contribution is 5.99. The van der Waals surface area contributed by atoms with Crippen molar-refractivity contribution < 1.29 is 4.52 Å². The molecule has 106 valence electrons. The average molecular weight is 288 g/mol. The predicted molar refractivity (Wildman–Crippen MR) is 83.0 cm³/mol. The van der Waals surface area contributed by atoms with Crippen molar-refractivity contribution in [2.45, 2.75) is 6.92 Å². The van der Waals surface area contributed by atoms with Gasteiger partial charge in [0.2, 0.25) is 0 Å². The lowest BCUT2D eigenvalue weighted by molar-refractivity contribution is 0.459. The second-order valence-electron chi connectivity index (χ2n) is 5.01. The van der Waals surface area contributed by atoms with E-state index < -0.39 is 0 Å². The number of hydrogen-bond donors (Lipinski definition) is 0. The molecule has 0 aliphatic heterocycles. The third-order valence-corrected chi connectivity index (χ3v) is 3.64. The lowest BCUT2D eigenvalue weighted by Crippen LogP contribution is -1.87. The molecule has 0 unspecified atom stereocenters. The third-order valence-electron chi connectivity index (χ3n) is 3.64. The molecule has 1 aromatic carbocycles. The third kappa shape index (κ3) is 1.95. The minimum atomic E-state index is 0.696. The summed E-state index contributed by atoms with van der Waals surface area (Å²) in [5.74, 6) is 0. The highest BCUT2D eigenvalue weighted by Crippen LogP contribution is 2.34. The zero-order valence-corrected chi connectivity index (χ0v) is 11.9. The van der Waals surface area contributed by atoms with E-state index in [1.54, 1.807) is 12.4 Å². The summed E-state index contributed by atoms with van der Waals surface area (Å²) in [6.07, 6.45) is 5.26. The Morgan fingerprint density at radius 1 is 0.955 bits per heavy atom. The molecule has 4 aromatic rings. The summed E-state index contributed by atoms with van der Waals surface area (Å²) in [5.41, 5.74) is 5.28. The van der Waals surface area contributed by atoms with E-state index in [2.05, 4.69) is 27.3 Å². The van der Waals surface area contributed by atoms with Gasteiger partial charge in [0.1, 0.15) is 11.4 Å². The van der Waals surface area contributed by atoms with Crippen LogP contribution in [0.15, 0.2) is 59.5 Å². The van der Waals surface area contributed by atoms with Crippen LogP contribution in [0.3, 0.4) is 0 Å². The van der Waals surface area contributed by atoms with Crippen LogP contribution in [0.2, 0.25) is 0 Å².